The van der Waals surface area contributed by atoms with Gasteiger partial charge in [0.05, 0.1) is 24.0 Å². The van der Waals surface area contributed by atoms with Gasteiger partial charge in [0.25, 0.3) is 0 Å². The van der Waals surface area contributed by atoms with Gasteiger partial charge in [-0.25, -0.2) is 8.78 Å². The predicted molar refractivity (Wildman–Crippen MR) is 122 cm³/mol. The van der Waals surface area contributed by atoms with Crippen LogP contribution in [-0.2, 0) is 20.8 Å². The molecule has 0 bridgehead atoms. The van der Waals surface area contributed by atoms with Gasteiger partial charge in [0.15, 0.2) is 0 Å². The fourth-order valence-corrected chi connectivity index (χ4v) is 4.79. The summed E-state index contributed by atoms with van der Waals surface area (Å²) in [4.78, 5) is 40.1. The Balaban J connectivity index is 1.81. The first kappa shape index (κ1) is 26.0. The van der Waals surface area contributed by atoms with Crippen molar-refractivity contribution in [1.82, 2.24) is 20.9 Å². The first-order valence-electron chi connectivity index (χ1n) is 12.0. The Morgan fingerprint density at radius 1 is 1.21 bits per heavy atom. The number of aliphatic hydroxyl groups is 1. The molecule has 2 aliphatic heterocycles. The van der Waals surface area contributed by atoms with Crippen molar-refractivity contribution in [3.05, 3.63) is 35.4 Å². The Kier molecular flexibility index (Phi) is 8.96. The molecule has 2 fully saturated rings. The predicted octanol–water partition coefficient (Wildman–Crippen LogP) is 0.726. The molecule has 2 unspecified atom stereocenters. The van der Waals surface area contributed by atoms with Crippen LogP contribution < -0.4 is 16.0 Å². The number of rotatable bonds is 10. The summed E-state index contributed by atoms with van der Waals surface area (Å²) >= 11 is 0. The number of carbonyl (C=O) groups excluding carboxylic acids is 3. The Morgan fingerprint density at radius 2 is 1.91 bits per heavy atom. The molecule has 2 saturated heterocycles. The van der Waals surface area contributed by atoms with Gasteiger partial charge >= 0.3 is 0 Å². The third-order valence-corrected chi connectivity index (χ3v) is 6.62. The zero-order chi connectivity index (χ0) is 24.8. The number of aliphatic hydroxyl groups excluding tert-OH is 1. The zero-order valence-corrected chi connectivity index (χ0v) is 19.7. The Labute approximate surface area is 198 Å². The van der Waals surface area contributed by atoms with Gasteiger partial charge in [-0.1, -0.05) is 20.3 Å². The second-order valence-electron chi connectivity index (χ2n) is 9.07. The second-order valence-corrected chi connectivity index (χ2v) is 9.07. The van der Waals surface area contributed by atoms with Gasteiger partial charge in [-0.05, 0) is 37.0 Å². The lowest BCUT2D eigenvalue weighted by Crippen LogP contribution is -2.63. The van der Waals surface area contributed by atoms with Crippen molar-refractivity contribution in [2.24, 2.45) is 11.8 Å². The fraction of sp³-hybridized carbons (Fsp3) is 0.625. The van der Waals surface area contributed by atoms with E-state index in [0.29, 0.717) is 26.1 Å². The Hall–Kier alpha value is -2.59. The first-order chi connectivity index (χ1) is 16.2. The molecule has 8 nitrogen and oxygen atoms in total. The lowest BCUT2D eigenvalue weighted by Gasteiger charge is -2.33. The molecule has 3 amide bonds. The first-order valence-corrected chi connectivity index (χ1v) is 12.0. The minimum absolute atomic E-state index is 0.0614. The second kappa shape index (κ2) is 11.7. The monoisotopic (exact) mass is 480 g/mol. The molecule has 1 aromatic carbocycles. The van der Waals surface area contributed by atoms with E-state index < -0.39 is 53.5 Å². The number of nitrogens with zero attached hydrogens (tertiary/aromatic N) is 1. The standard InChI is InChI=1S/C24H34F2N4O4/c1-3-5-8-30-13-18(17(4-2)24(30)34)22(32)29-19(11-14-9-15(25)12-16(26)10-14)21(31)20-23(33)28-7-6-27-20/h9-10,12,17-21,27,31H,3-8,11,13H2,1-2H3,(H,28,33)(H,29,32)/t17?,18?,19-,20-,21-/m0/s1. The maximum Gasteiger partial charge on any atom is 0.239 e. The van der Waals surface area contributed by atoms with Gasteiger partial charge in [0.1, 0.15) is 17.7 Å². The molecule has 1 aromatic rings. The number of likely N-dealkylation sites (tertiary alicyclic amines) is 1. The molecule has 5 atom stereocenters. The third-order valence-electron chi connectivity index (χ3n) is 6.62. The van der Waals surface area contributed by atoms with E-state index >= 15 is 0 Å². The number of hydrogen-bond donors (Lipinski definition) is 4. The summed E-state index contributed by atoms with van der Waals surface area (Å²) in [5.41, 5.74) is 0.233. The number of benzene rings is 1. The number of amides is 3. The molecule has 0 spiro atoms. The largest absolute Gasteiger partial charge is 0.389 e. The quantitative estimate of drug-likeness (QED) is 0.395. The van der Waals surface area contributed by atoms with E-state index in [2.05, 4.69) is 16.0 Å². The van der Waals surface area contributed by atoms with E-state index in [1.807, 2.05) is 13.8 Å². The summed E-state index contributed by atoms with van der Waals surface area (Å²) in [5, 5.41) is 19.4. The van der Waals surface area contributed by atoms with Crippen molar-refractivity contribution in [2.45, 2.75) is 57.7 Å². The maximum atomic E-state index is 13.8. The van der Waals surface area contributed by atoms with Crippen molar-refractivity contribution in [3.8, 4) is 0 Å². The van der Waals surface area contributed by atoms with Crippen LogP contribution in [0.3, 0.4) is 0 Å². The molecule has 2 aliphatic rings. The lowest BCUT2D eigenvalue weighted by molar-refractivity contribution is -0.134. The molecule has 0 radical (unpaired) electrons. The number of halogens is 2. The summed E-state index contributed by atoms with van der Waals surface area (Å²) < 4.78 is 27.6. The number of carbonyl (C=O) groups is 3. The van der Waals surface area contributed by atoms with Crippen LogP contribution in [0.2, 0.25) is 0 Å². The van der Waals surface area contributed by atoms with Gasteiger partial charge in [-0.2, -0.15) is 0 Å². The van der Waals surface area contributed by atoms with Gasteiger partial charge in [0, 0.05) is 32.2 Å². The van der Waals surface area contributed by atoms with E-state index in [9.17, 15) is 28.3 Å². The number of hydrogen-bond acceptors (Lipinski definition) is 5. The van der Waals surface area contributed by atoms with E-state index in [1.54, 1.807) is 4.90 Å². The Morgan fingerprint density at radius 3 is 2.53 bits per heavy atom. The minimum Gasteiger partial charge on any atom is -0.389 e. The van der Waals surface area contributed by atoms with Crippen LogP contribution in [0.1, 0.15) is 38.7 Å². The fourth-order valence-electron chi connectivity index (χ4n) is 4.79. The molecule has 10 heteroatoms. The van der Waals surface area contributed by atoms with Gasteiger partial charge in [-0.3, -0.25) is 14.4 Å². The molecule has 2 heterocycles. The van der Waals surface area contributed by atoms with Crippen LogP contribution in [0.5, 0.6) is 0 Å². The van der Waals surface area contributed by atoms with Crippen molar-refractivity contribution >= 4 is 17.7 Å². The molecule has 4 N–H and O–H groups in total. The van der Waals surface area contributed by atoms with Crippen LogP contribution >= 0.6 is 0 Å². The Bertz CT molecular complexity index is 879. The summed E-state index contributed by atoms with van der Waals surface area (Å²) in [6, 6.07) is 0.996. The number of piperazine rings is 1. The summed E-state index contributed by atoms with van der Waals surface area (Å²) in [6.45, 7) is 5.58. The number of unbranched alkanes of at least 4 members (excludes halogenated alkanes) is 1. The van der Waals surface area contributed by atoms with Gasteiger partial charge in [0.2, 0.25) is 17.7 Å². The van der Waals surface area contributed by atoms with Crippen molar-refractivity contribution in [3.63, 3.8) is 0 Å². The highest BCUT2D eigenvalue weighted by molar-refractivity contribution is 5.91. The van der Waals surface area contributed by atoms with Crippen LogP contribution in [0.15, 0.2) is 18.2 Å². The van der Waals surface area contributed by atoms with E-state index in [-0.39, 0.29) is 24.4 Å². The summed E-state index contributed by atoms with van der Waals surface area (Å²) in [7, 11) is 0. The SMILES string of the molecule is CCCCN1CC(C(=O)N[C@@H](Cc2cc(F)cc(F)c2)[C@H](O)[C@@H]2NCCNC2=O)C(CC)C1=O. The van der Waals surface area contributed by atoms with Crippen molar-refractivity contribution in [1.29, 1.82) is 0 Å². The maximum absolute atomic E-state index is 13.8. The highest BCUT2D eigenvalue weighted by Gasteiger charge is 2.44. The van der Waals surface area contributed by atoms with Crippen LogP contribution in [0.25, 0.3) is 0 Å². The molecule has 0 aromatic heterocycles. The molecule has 188 valence electrons. The summed E-state index contributed by atoms with van der Waals surface area (Å²) in [6.07, 6.45) is 0.806. The van der Waals surface area contributed by atoms with Crippen molar-refractivity contribution in [2.75, 3.05) is 26.2 Å². The lowest BCUT2D eigenvalue weighted by atomic mass is 9.90. The van der Waals surface area contributed by atoms with Crippen LogP contribution in [0, 0.1) is 23.5 Å². The van der Waals surface area contributed by atoms with Crippen LogP contribution in [0.4, 0.5) is 8.78 Å². The zero-order valence-electron chi connectivity index (χ0n) is 19.7. The molecular formula is C24H34F2N4O4. The minimum atomic E-state index is -1.36. The topological polar surface area (TPSA) is 111 Å². The average Bonchev–Trinajstić information content (AvgIpc) is 3.11. The number of nitrogens with one attached hydrogen (secondary N) is 3. The van der Waals surface area contributed by atoms with Gasteiger partial charge < -0.3 is 26.0 Å². The molecular weight excluding hydrogens is 446 g/mol. The van der Waals surface area contributed by atoms with E-state index in [4.69, 9.17) is 0 Å². The molecule has 34 heavy (non-hydrogen) atoms. The van der Waals surface area contributed by atoms with E-state index in [0.717, 1.165) is 31.0 Å². The van der Waals surface area contributed by atoms with E-state index in [1.165, 1.54) is 0 Å². The van der Waals surface area contributed by atoms with Crippen LogP contribution in [-0.4, -0.2) is 72.1 Å². The third kappa shape index (κ3) is 6.09. The smallest absolute Gasteiger partial charge is 0.239 e. The molecule has 0 saturated carbocycles. The highest BCUT2D eigenvalue weighted by atomic mass is 19.1. The summed E-state index contributed by atoms with van der Waals surface area (Å²) in [5.74, 6) is -3.54. The highest BCUT2D eigenvalue weighted by Crippen LogP contribution is 2.28. The normalized spacial score (nSPS) is 24.6. The molecule has 0 aliphatic carbocycles. The average molecular weight is 481 g/mol. The van der Waals surface area contributed by atoms with Gasteiger partial charge in [-0.15, -0.1) is 0 Å². The molecule has 3 rings (SSSR count). The van der Waals surface area contributed by atoms with Crippen molar-refractivity contribution < 1.29 is 28.3 Å².